The van der Waals surface area contributed by atoms with E-state index in [9.17, 15) is 14.4 Å². The molecule has 1 unspecified atom stereocenters. The Morgan fingerprint density at radius 3 is 2.73 bits per heavy atom. The number of rotatable bonds is 3. The molecule has 6 nitrogen and oxygen atoms in total. The van der Waals surface area contributed by atoms with E-state index in [0.29, 0.717) is 6.42 Å². The number of hydrogen-bond donors (Lipinski definition) is 2. The zero-order valence-electron chi connectivity index (χ0n) is 14.9. The van der Waals surface area contributed by atoms with Gasteiger partial charge in [-0.25, -0.2) is 4.79 Å². The number of amides is 4. The molecule has 1 spiro atoms. The number of fused-ring (bicyclic) bond motifs is 2. The van der Waals surface area contributed by atoms with Crippen LogP contribution in [0.3, 0.4) is 0 Å². The molecular weight excluding hydrogens is 330 g/mol. The van der Waals surface area contributed by atoms with Gasteiger partial charge < -0.3 is 10.6 Å². The summed E-state index contributed by atoms with van der Waals surface area (Å²) in [4.78, 5) is 39.2. The van der Waals surface area contributed by atoms with Crippen molar-refractivity contribution in [2.45, 2.75) is 62.9 Å². The third-order valence-electron chi connectivity index (χ3n) is 5.92. The molecule has 26 heavy (non-hydrogen) atoms. The topological polar surface area (TPSA) is 78.5 Å². The predicted octanol–water partition coefficient (Wildman–Crippen LogP) is 2.22. The molecule has 0 bridgehead atoms. The molecule has 1 saturated carbocycles. The van der Waals surface area contributed by atoms with Crippen molar-refractivity contribution in [1.82, 2.24) is 15.5 Å². The number of urea groups is 1. The van der Waals surface area contributed by atoms with E-state index >= 15 is 0 Å². The van der Waals surface area contributed by atoms with E-state index in [1.807, 2.05) is 24.3 Å². The number of nitrogens with one attached hydrogen (secondary N) is 2. The highest BCUT2D eigenvalue weighted by molar-refractivity contribution is 6.09. The Morgan fingerprint density at radius 2 is 1.92 bits per heavy atom. The van der Waals surface area contributed by atoms with Crippen molar-refractivity contribution in [3.05, 3.63) is 35.4 Å². The van der Waals surface area contributed by atoms with Crippen molar-refractivity contribution in [1.29, 1.82) is 0 Å². The van der Waals surface area contributed by atoms with Crippen LogP contribution in [0.1, 0.15) is 56.1 Å². The molecule has 2 N–H and O–H groups in total. The highest BCUT2D eigenvalue weighted by Crippen LogP contribution is 2.38. The molecule has 138 valence electrons. The molecule has 1 saturated heterocycles. The summed E-state index contributed by atoms with van der Waals surface area (Å²) in [6.45, 7) is -0.203. The Labute approximate surface area is 153 Å². The quantitative estimate of drug-likeness (QED) is 0.816. The van der Waals surface area contributed by atoms with Crippen molar-refractivity contribution in [3.63, 3.8) is 0 Å². The maximum Gasteiger partial charge on any atom is 0.325 e. The molecule has 2 aliphatic carbocycles. The van der Waals surface area contributed by atoms with Gasteiger partial charge >= 0.3 is 6.03 Å². The summed E-state index contributed by atoms with van der Waals surface area (Å²) in [6.07, 6.45) is 7.53. The van der Waals surface area contributed by atoms with Crippen molar-refractivity contribution in [2.24, 2.45) is 0 Å². The standard InChI is InChI=1S/C20H25N3O3/c24-17(21-15-9-2-3-10-15)13-23-18(25)20(22-19(23)26)12-6-5-8-14-7-1-4-11-16(14)20/h1,4,7,11,15H,2-3,5-6,8-10,12-13H2,(H,21,24)(H,22,26). The Kier molecular flexibility index (Phi) is 4.42. The molecule has 1 atom stereocenters. The Hall–Kier alpha value is -2.37. The second-order valence-electron chi connectivity index (χ2n) is 7.64. The van der Waals surface area contributed by atoms with E-state index in [2.05, 4.69) is 10.6 Å². The average molecular weight is 355 g/mol. The number of benzene rings is 1. The molecule has 1 aliphatic heterocycles. The first-order chi connectivity index (χ1) is 12.6. The van der Waals surface area contributed by atoms with Crippen LogP contribution in [0.25, 0.3) is 0 Å². The van der Waals surface area contributed by atoms with Crippen molar-refractivity contribution in [2.75, 3.05) is 6.54 Å². The molecule has 2 fully saturated rings. The lowest BCUT2D eigenvalue weighted by molar-refractivity contribution is -0.135. The van der Waals surface area contributed by atoms with Crippen molar-refractivity contribution in [3.8, 4) is 0 Å². The normalized spacial score (nSPS) is 25.9. The summed E-state index contributed by atoms with van der Waals surface area (Å²) in [5.41, 5.74) is 0.975. The fraction of sp³-hybridized carbons (Fsp3) is 0.550. The van der Waals surface area contributed by atoms with Crippen LogP contribution in [0.15, 0.2) is 24.3 Å². The Bertz CT molecular complexity index is 742. The fourth-order valence-electron chi connectivity index (χ4n) is 4.60. The maximum atomic E-state index is 13.2. The van der Waals surface area contributed by atoms with Crippen LogP contribution in [-0.4, -0.2) is 35.3 Å². The number of carbonyl (C=O) groups is 3. The summed E-state index contributed by atoms with van der Waals surface area (Å²) >= 11 is 0. The minimum Gasteiger partial charge on any atom is -0.352 e. The molecule has 4 amide bonds. The summed E-state index contributed by atoms with van der Waals surface area (Å²) < 4.78 is 0. The molecule has 0 radical (unpaired) electrons. The highest BCUT2D eigenvalue weighted by Gasteiger charge is 2.53. The largest absolute Gasteiger partial charge is 0.352 e. The van der Waals surface area contributed by atoms with E-state index in [1.165, 1.54) is 0 Å². The zero-order chi connectivity index (χ0) is 18.1. The predicted molar refractivity (Wildman–Crippen MR) is 96.3 cm³/mol. The molecule has 6 heteroatoms. The monoisotopic (exact) mass is 355 g/mol. The lowest BCUT2D eigenvalue weighted by Crippen LogP contribution is -2.46. The summed E-state index contributed by atoms with van der Waals surface area (Å²) in [5.74, 6) is -0.544. The molecular formula is C20H25N3O3. The molecule has 1 aromatic rings. The van der Waals surface area contributed by atoms with E-state index < -0.39 is 11.6 Å². The second kappa shape index (κ2) is 6.74. The van der Waals surface area contributed by atoms with Gasteiger partial charge in [-0.3, -0.25) is 14.5 Å². The van der Waals surface area contributed by atoms with Crippen LogP contribution in [0.5, 0.6) is 0 Å². The van der Waals surface area contributed by atoms with Gasteiger partial charge in [-0.05, 0) is 49.7 Å². The molecule has 4 rings (SSSR count). The number of hydrogen-bond acceptors (Lipinski definition) is 3. The first-order valence-corrected chi connectivity index (χ1v) is 9.62. The minimum absolute atomic E-state index is 0.177. The van der Waals surface area contributed by atoms with Crippen LogP contribution in [0.2, 0.25) is 0 Å². The highest BCUT2D eigenvalue weighted by atomic mass is 16.2. The van der Waals surface area contributed by atoms with Gasteiger partial charge in [0.15, 0.2) is 0 Å². The fourth-order valence-corrected chi connectivity index (χ4v) is 4.60. The first-order valence-electron chi connectivity index (χ1n) is 9.62. The van der Waals surface area contributed by atoms with Gasteiger partial charge in [0.2, 0.25) is 5.91 Å². The smallest absolute Gasteiger partial charge is 0.325 e. The van der Waals surface area contributed by atoms with E-state index in [0.717, 1.165) is 61.0 Å². The van der Waals surface area contributed by atoms with Crippen LogP contribution in [0, 0.1) is 0 Å². The van der Waals surface area contributed by atoms with Crippen LogP contribution in [0.4, 0.5) is 4.79 Å². The minimum atomic E-state index is -1.02. The third-order valence-corrected chi connectivity index (χ3v) is 5.92. The van der Waals surface area contributed by atoms with Crippen LogP contribution >= 0.6 is 0 Å². The number of imide groups is 1. The number of aryl methyl sites for hydroxylation is 1. The second-order valence-corrected chi connectivity index (χ2v) is 7.64. The van der Waals surface area contributed by atoms with Gasteiger partial charge in [0, 0.05) is 6.04 Å². The number of carbonyl (C=O) groups excluding carboxylic acids is 3. The average Bonchev–Trinajstić information content (AvgIpc) is 3.16. The summed E-state index contributed by atoms with van der Waals surface area (Å²) in [5, 5.41) is 5.88. The molecule has 3 aliphatic rings. The number of nitrogens with zero attached hydrogens (tertiary/aromatic N) is 1. The van der Waals surface area contributed by atoms with Crippen LogP contribution in [-0.2, 0) is 21.5 Å². The molecule has 1 aromatic carbocycles. The third kappa shape index (κ3) is 2.87. The molecule has 1 heterocycles. The SMILES string of the molecule is O=C(CN1C(=O)NC2(CCCCc3ccccc32)C1=O)NC1CCCC1. The Balaban J connectivity index is 1.56. The van der Waals surface area contributed by atoms with Gasteiger partial charge in [0.1, 0.15) is 12.1 Å². The van der Waals surface area contributed by atoms with Gasteiger partial charge in [-0.15, -0.1) is 0 Å². The Morgan fingerprint density at radius 1 is 1.15 bits per heavy atom. The zero-order valence-corrected chi connectivity index (χ0v) is 14.9. The van der Waals surface area contributed by atoms with E-state index in [-0.39, 0.29) is 24.4 Å². The van der Waals surface area contributed by atoms with E-state index in [1.54, 1.807) is 0 Å². The maximum absolute atomic E-state index is 13.2. The van der Waals surface area contributed by atoms with Crippen LogP contribution < -0.4 is 10.6 Å². The van der Waals surface area contributed by atoms with Gasteiger partial charge in [0.05, 0.1) is 0 Å². The van der Waals surface area contributed by atoms with E-state index in [4.69, 9.17) is 0 Å². The van der Waals surface area contributed by atoms with Crippen molar-refractivity contribution >= 4 is 17.8 Å². The summed E-state index contributed by atoms with van der Waals surface area (Å²) in [6, 6.07) is 7.54. The molecule has 0 aromatic heterocycles. The van der Waals surface area contributed by atoms with Gasteiger partial charge in [0.25, 0.3) is 5.91 Å². The lowest BCUT2D eigenvalue weighted by Gasteiger charge is -2.27. The first kappa shape index (κ1) is 17.1. The van der Waals surface area contributed by atoms with Crippen molar-refractivity contribution < 1.29 is 14.4 Å². The van der Waals surface area contributed by atoms with Gasteiger partial charge in [-0.1, -0.05) is 37.1 Å². The summed E-state index contributed by atoms with van der Waals surface area (Å²) in [7, 11) is 0. The van der Waals surface area contributed by atoms with Gasteiger partial charge in [-0.2, -0.15) is 0 Å². The lowest BCUT2D eigenvalue weighted by atomic mass is 9.84.